The molecule has 0 aliphatic carbocycles. The number of nitriles is 1. The summed E-state index contributed by atoms with van der Waals surface area (Å²) in [5.41, 5.74) is 0.684. The molecule has 106 valence electrons. The van der Waals surface area contributed by atoms with Gasteiger partial charge in [-0.1, -0.05) is 18.2 Å². The summed E-state index contributed by atoms with van der Waals surface area (Å²) in [6.07, 6.45) is 0. The average molecular weight is 284 g/mol. The van der Waals surface area contributed by atoms with Crippen LogP contribution in [-0.2, 0) is 9.53 Å². The Balaban J connectivity index is 2.08. The molecule has 0 saturated heterocycles. The monoisotopic (exact) mass is 284 g/mol. The SMILES string of the molecule is CC(=N)C(C#N)C(=O)COC(=O)c1n[nH]c2ccccc12. The Bertz CT molecular complexity index is 757. The van der Waals surface area contributed by atoms with Crippen LogP contribution in [0.3, 0.4) is 0 Å². The van der Waals surface area contributed by atoms with Gasteiger partial charge in [-0.05, 0) is 13.0 Å². The summed E-state index contributed by atoms with van der Waals surface area (Å²) in [5.74, 6) is -2.56. The van der Waals surface area contributed by atoms with Gasteiger partial charge in [0, 0.05) is 11.1 Å². The van der Waals surface area contributed by atoms with E-state index in [0.717, 1.165) is 0 Å². The maximum Gasteiger partial charge on any atom is 0.359 e. The number of nitrogens with one attached hydrogen (secondary N) is 2. The summed E-state index contributed by atoms with van der Waals surface area (Å²) in [6, 6.07) is 8.72. The Morgan fingerprint density at radius 3 is 2.86 bits per heavy atom. The first-order valence-electron chi connectivity index (χ1n) is 6.12. The van der Waals surface area contributed by atoms with Crippen molar-refractivity contribution in [3.05, 3.63) is 30.0 Å². The van der Waals surface area contributed by atoms with Crippen molar-refractivity contribution in [2.45, 2.75) is 6.92 Å². The summed E-state index contributed by atoms with van der Waals surface area (Å²) in [6.45, 7) is 0.795. The van der Waals surface area contributed by atoms with E-state index in [9.17, 15) is 9.59 Å². The molecule has 0 fully saturated rings. The first-order valence-corrected chi connectivity index (χ1v) is 6.12. The highest BCUT2D eigenvalue weighted by Crippen LogP contribution is 2.15. The van der Waals surface area contributed by atoms with Gasteiger partial charge in [0.05, 0.1) is 11.6 Å². The lowest BCUT2D eigenvalue weighted by Crippen LogP contribution is -2.25. The quantitative estimate of drug-likeness (QED) is 0.636. The molecular weight excluding hydrogens is 272 g/mol. The second kappa shape index (κ2) is 5.96. The van der Waals surface area contributed by atoms with E-state index in [2.05, 4.69) is 10.2 Å². The van der Waals surface area contributed by atoms with Gasteiger partial charge in [0.1, 0.15) is 5.92 Å². The highest BCUT2D eigenvalue weighted by molar-refractivity contribution is 6.07. The molecule has 1 heterocycles. The number of aromatic nitrogens is 2. The fourth-order valence-electron chi connectivity index (χ4n) is 1.82. The van der Waals surface area contributed by atoms with Crippen LogP contribution in [0.1, 0.15) is 17.4 Å². The molecule has 2 N–H and O–H groups in total. The normalized spacial score (nSPS) is 11.6. The lowest BCUT2D eigenvalue weighted by atomic mass is 10.0. The van der Waals surface area contributed by atoms with Crippen LogP contribution in [0, 0.1) is 22.7 Å². The largest absolute Gasteiger partial charge is 0.453 e. The minimum absolute atomic E-state index is 0.0798. The Morgan fingerprint density at radius 2 is 2.19 bits per heavy atom. The number of nitrogens with zero attached hydrogens (tertiary/aromatic N) is 2. The minimum Gasteiger partial charge on any atom is -0.453 e. The molecule has 1 atom stereocenters. The molecule has 0 radical (unpaired) electrons. The fourth-order valence-corrected chi connectivity index (χ4v) is 1.82. The lowest BCUT2D eigenvalue weighted by Gasteiger charge is -2.06. The van der Waals surface area contributed by atoms with Crippen molar-refractivity contribution in [3.8, 4) is 6.07 Å². The van der Waals surface area contributed by atoms with Crippen LogP contribution in [0.2, 0.25) is 0 Å². The molecule has 0 saturated carbocycles. The van der Waals surface area contributed by atoms with Gasteiger partial charge in [-0.3, -0.25) is 9.89 Å². The molecular formula is C14H12N4O3. The molecule has 21 heavy (non-hydrogen) atoms. The van der Waals surface area contributed by atoms with Crippen molar-refractivity contribution in [1.82, 2.24) is 10.2 Å². The van der Waals surface area contributed by atoms with Gasteiger partial charge >= 0.3 is 5.97 Å². The van der Waals surface area contributed by atoms with Gasteiger partial charge < -0.3 is 10.1 Å². The van der Waals surface area contributed by atoms with Crippen molar-refractivity contribution in [1.29, 1.82) is 10.7 Å². The molecule has 0 aliphatic rings. The molecule has 2 rings (SSSR count). The van der Waals surface area contributed by atoms with Gasteiger partial charge in [-0.15, -0.1) is 0 Å². The first-order chi connectivity index (χ1) is 10.0. The van der Waals surface area contributed by atoms with Crippen molar-refractivity contribution in [2.75, 3.05) is 6.61 Å². The second-order valence-corrected chi connectivity index (χ2v) is 4.41. The number of ketones is 1. The van der Waals surface area contributed by atoms with Crippen LogP contribution in [0.15, 0.2) is 24.3 Å². The summed E-state index contributed by atoms with van der Waals surface area (Å²) >= 11 is 0. The number of hydrogen-bond donors (Lipinski definition) is 2. The van der Waals surface area contributed by atoms with Gasteiger partial charge in [-0.25, -0.2) is 4.79 Å². The molecule has 7 nitrogen and oxygen atoms in total. The molecule has 0 spiro atoms. The predicted molar refractivity (Wildman–Crippen MR) is 73.9 cm³/mol. The topological polar surface area (TPSA) is 120 Å². The van der Waals surface area contributed by atoms with Crippen molar-refractivity contribution < 1.29 is 14.3 Å². The third-order valence-corrected chi connectivity index (χ3v) is 2.89. The number of aromatic amines is 1. The van der Waals surface area contributed by atoms with E-state index in [-0.39, 0.29) is 11.4 Å². The summed E-state index contributed by atoms with van der Waals surface area (Å²) in [4.78, 5) is 23.6. The third-order valence-electron chi connectivity index (χ3n) is 2.89. The maximum atomic E-state index is 11.9. The molecule has 1 unspecified atom stereocenters. The van der Waals surface area contributed by atoms with Crippen LogP contribution in [0.4, 0.5) is 0 Å². The summed E-state index contributed by atoms with van der Waals surface area (Å²) in [5, 5.41) is 23.2. The zero-order valence-electron chi connectivity index (χ0n) is 11.2. The predicted octanol–water partition coefficient (Wildman–Crippen LogP) is 1.47. The number of ether oxygens (including phenoxy) is 1. The molecule has 0 aliphatic heterocycles. The van der Waals surface area contributed by atoms with E-state index in [0.29, 0.717) is 10.9 Å². The molecule has 1 aromatic heterocycles. The summed E-state index contributed by atoms with van der Waals surface area (Å²) in [7, 11) is 0. The molecule has 0 amide bonds. The van der Waals surface area contributed by atoms with E-state index >= 15 is 0 Å². The number of esters is 1. The maximum absolute atomic E-state index is 11.9. The third kappa shape index (κ3) is 2.95. The fraction of sp³-hybridized carbons (Fsp3) is 0.214. The number of rotatable bonds is 5. The first kappa shape index (κ1) is 14.4. The molecule has 7 heteroatoms. The van der Waals surface area contributed by atoms with Gasteiger partial charge in [0.2, 0.25) is 0 Å². The highest BCUT2D eigenvalue weighted by atomic mass is 16.5. The number of para-hydroxylation sites is 1. The van der Waals surface area contributed by atoms with E-state index in [1.54, 1.807) is 30.3 Å². The number of carbonyl (C=O) groups excluding carboxylic acids is 2. The van der Waals surface area contributed by atoms with E-state index in [4.69, 9.17) is 15.4 Å². The second-order valence-electron chi connectivity index (χ2n) is 4.41. The molecule has 2 aromatic rings. The van der Waals surface area contributed by atoms with Gasteiger partial charge in [0.25, 0.3) is 0 Å². The molecule has 1 aromatic carbocycles. The lowest BCUT2D eigenvalue weighted by molar-refractivity contribution is -0.122. The number of Topliss-reactive ketones (excluding diaryl/α,β-unsaturated/α-hetero) is 1. The van der Waals surface area contributed by atoms with Crippen molar-refractivity contribution >= 4 is 28.4 Å². The number of benzene rings is 1. The Morgan fingerprint density at radius 1 is 1.48 bits per heavy atom. The van der Waals surface area contributed by atoms with E-state index in [1.165, 1.54) is 6.92 Å². The number of hydrogen-bond acceptors (Lipinski definition) is 6. The summed E-state index contributed by atoms with van der Waals surface area (Å²) < 4.78 is 4.87. The number of carbonyl (C=O) groups is 2. The van der Waals surface area contributed by atoms with Crippen LogP contribution >= 0.6 is 0 Å². The Kier molecular flexibility index (Phi) is 4.09. The van der Waals surface area contributed by atoms with Crippen LogP contribution < -0.4 is 0 Å². The Labute approximate surface area is 120 Å². The van der Waals surface area contributed by atoms with Gasteiger partial charge in [-0.2, -0.15) is 10.4 Å². The zero-order valence-corrected chi connectivity index (χ0v) is 11.2. The average Bonchev–Trinajstić information content (AvgIpc) is 2.89. The van der Waals surface area contributed by atoms with Gasteiger partial charge in [0.15, 0.2) is 18.1 Å². The highest BCUT2D eigenvalue weighted by Gasteiger charge is 2.23. The number of fused-ring (bicyclic) bond motifs is 1. The smallest absolute Gasteiger partial charge is 0.359 e. The Hall–Kier alpha value is -3.01. The van der Waals surface area contributed by atoms with E-state index in [1.807, 2.05) is 0 Å². The van der Waals surface area contributed by atoms with Crippen molar-refractivity contribution in [3.63, 3.8) is 0 Å². The van der Waals surface area contributed by atoms with E-state index < -0.39 is 24.3 Å². The van der Waals surface area contributed by atoms with Crippen LogP contribution in [0.5, 0.6) is 0 Å². The van der Waals surface area contributed by atoms with Crippen LogP contribution in [0.25, 0.3) is 10.9 Å². The molecule has 0 bridgehead atoms. The standard InChI is InChI=1S/C14H12N4O3/c1-8(16)10(6-15)12(19)7-21-14(20)13-9-4-2-3-5-11(9)17-18-13/h2-5,10,16H,7H2,1H3,(H,17,18). The zero-order chi connectivity index (χ0) is 15.4. The minimum atomic E-state index is -1.19. The van der Waals surface area contributed by atoms with Crippen molar-refractivity contribution in [2.24, 2.45) is 5.92 Å². The van der Waals surface area contributed by atoms with Crippen LogP contribution in [-0.4, -0.2) is 34.3 Å². The number of H-pyrrole nitrogens is 1.